The summed E-state index contributed by atoms with van der Waals surface area (Å²) in [5.41, 5.74) is 4.57. The van der Waals surface area contributed by atoms with Crippen molar-refractivity contribution in [2.24, 2.45) is 5.73 Å². The average molecular weight is 325 g/mol. The van der Waals surface area contributed by atoms with E-state index in [9.17, 15) is 13.2 Å². The van der Waals surface area contributed by atoms with Gasteiger partial charge >= 0.3 is 5.97 Å². The van der Waals surface area contributed by atoms with Gasteiger partial charge in [0.25, 0.3) is 10.1 Å². The van der Waals surface area contributed by atoms with Gasteiger partial charge in [0, 0.05) is 0 Å². The Bertz CT molecular complexity index is 330. The minimum absolute atomic E-state index is 0.0799. The second kappa shape index (κ2) is 15.7. The predicted octanol–water partition coefficient (Wildman–Crippen LogP) is 2.82. The summed E-state index contributed by atoms with van der Waals surface area (Å²) in [4.78, 5) is 9.24. The monoisotopic (exact) mass is 325 g/mol. The Labute approximate surface area is 128 Å². The molecule has 0 atom stereocenters. The second-order valence-corrected chi connectivity index (χ2v) is 6.64. The van der Waals surface area contributed by atoms with E-state index in [2.05, 4.69) is 12.7 Å². The van der Waals surface area contributed by atoms with E-state index in [1.54, 1.807) is 0 Å². The number of hydrogen-bond acceptors (Lipinski definition) is 4. The Balaban J connectivity index is 0. The molecule has 0 unspecified atom stereocenters. The van der Waals surface area contributed by atoms with Crippen LogP contribution >= 0.6 is 0 Å². The number of aliphatic carboxylic acids is 1. The molecule has 0 aliphatic rings. The highest BCUT2D eigenvalue weighted by molar-refractivity contribution is 7.85. The zero-order chi connectivity index (χ0) is 16.6. The van der Waals surface area contributed by atoms with E-state index in [0.717, 1.165) is 12.8 Å². The molecule has 0 radical (unpaired) electrons. The van der Waals surface area contributed by atoms with Crippen molar-refractivity contribution in [3.05, 3.63) is 0 Å². The Hall–Kier alpha value is -0.660. The highest BCUT2D eigenvalue weighted by Gasteiger charge is 2.02. The van der Waals surface area contributed by atoms with Crippen molar-refractivity contribution in [3.8, 4) is 0 Å². The van der Waals surface area contributed by atoms with Gasteiger partial charge in [0.1, 0.15) is 0 Å². The molecule has 0 aromatic rings. The Morgan fingerprint density at radius 1 is 0.905 bits per heavy atom. The first-order valence-electron chi connectivity index (χ1n) is 7.70. The van der Waals surface area contributed by atoms with Crippen LogP contribution in [0.4, 0.5) is 0 Å². The maximum atomic E-state index is 10.4. The lowest BCUT2D eigenvalue weighted by Gasteiger charge is -2.01. The summed E-state index contributed by atoms with van der Waals surface area (Å²) in [6, 6.07) is 0. The van der Waals surface area contributed by atoms with Gasteiger partial charge in [0.15, 0.2) is 0 Å². The number of carbonyl (C=O) groups is 1. The predicted molar refractivity (Wildman–Crippen MR) is 84.9 cm³/mol. The third-order valence-electron chi connectivity index (χ3n) is 2.93. The molecule has 7 heteroatoms. The van der Waals surface area contributed by atoms with E-state index >= 15 is 0 Å². The van der Waals surface area contributed by atoms with Crippen molar-refractivity contribution in [2.75, 3.05) is 12.3 Å². The number of rotatable bonds is 12. The van der Waals surface area contributed by atoms with E-state index in [-0.39, 0.29) is 12.3 Å². The van der Waals surface area contributed by atoms with Crippen molar-refractivity contribution in [1.82, 2.24) is 0 Å². The first-order chi connectivity index (χ1) is 9.83. The number of unbranched alkanes of at least 4 members (excludes halogenated alkanes) is 9. The van der Waals surface area contributed by atoms with E-state index in [1.165, 1.54) is 44.9 Å². The molecule has 0 fully saturated rings. The van der Waals surface area contributed by atoms with Crippen molar-refractivity contribution < 1.29 is 22.9 Å². The number of hydrogen-bond donors (Lipinski definition) is 3. The van der Waals surface area contributed by atoms with Gasteiger partial charge in [0.05, 0.1) is 12.3 Å². The van der Waals surface area contributed by atoms with Crippen LogP contribution in [-0.4, -0.2) is 36.3 Å². The Morgan fingerprint density at radius 3 is 1.52 bits per heavy atom. The lowest BCUT2D eigenvalue weighted by atomic mass is 10.1. The van der Waals surface area contributed by atoms with Crippen molar-refractivity contribution >= 4 is 16.1 Å². The zero-order valence-electron chi connectivity index (χ0n) is 13.1. The lowest BCUT2D eigenvalue weighted by Crippen LogP contribution is -2.10. The van der Waals surface area contributed by atoms with Gasteiger partial charge in [-0.1, -0.05) is 64.7 Å². The molecular weight excluding hydrogens is 294 g/mol. The number of nitrogens with two attached hydrogens (primary N) is 1. The molecule has 0 aliphatic heterocycles. The summed E-state index contributed by atoms with van der Waals surface area (Å²) in [7, 11) is -3.73. The average Bonchev–Trinajstić information content (AvgIpc) is 2.40. The van der Waals surface area contributed by atoms with Crippen LogP contribution in [0.3, 0.4) is 0 Å². The minimum Gasteiger partial charge on any atom is -0.480 e. The van der Waals surface area contributed by atoms with Crippen molar-refractivity contribution in [2.45, 2.75) is 71.1 Å². The van der Waals surface area contributed by atoms with Gasteiger partial charge < -0.3 is 10.8 Å². The Morgan fingerprint density at radius 2 is 1.24 bits per heavy atom. The zero-order valence-corrected chi connectivity index (χ0v) is 13.9. The van der Waals surface area contributed by atoms with Crippen LogP contribution in [0.2, 0.25) is 0 Å². The summed E-state index contributed by atoms with van der Waals surface area (Å²) in [5, 5.41) is 7.60. The number of carboxylic acids is 1. The van der Waals surface area contributed by atoms with Gasteiger partial charge in [-0.3, -0.25) is 9.35 Å². The number of carboxylic acid groups (broad SMARTS) is 1. The fourth-order valence-electron chi connectivity index (χ4n) is 1.77. The molecule has 0 amide bonds. The fourth-order valence-corrected chi connectivity index (χ4v) is 2.34. The summed E-state index contributed by atoms with van der Waals surface area (Å²) in [5.74, 6) is -1.05. The maximum absolute atomic E-state index is 10.4. The van der Waals surface area contributed by atoms with Crippen LogP contribution in [0.25, 0.3) is 0 Å². The maximum Gasteiger partial charge on any atom is 0.317 e. The van der Waals surface area contributed by atoms with Gasteiger partial charge in [-0.05, 0) is 6.42 Å². The van der Waals surface area contributed by atoms with E-state index < -0.39 is 16.1 Å². The summed E-state index contributed by atoms with van der Waals surface area (Å²) in [6.45, 7) is 1.94. The van der Waals surface area contributed by atoms with Crippen molar-refractivity contribution in [3.63, 3.8) is 0 Å². The van der Waals surface area contributed by atoms with Crippen molar-refractivity contribution in [1.29, 1.82) is 0 Å². The molecule has 128 valence electrons. The summed E-state index contributed by atoms with van der Waals surface area (Å²) >= 11 is 0. The summed E-state index contributed by atoms with van der Waals surface area (Å²) in [6.07, 6.45) is 11.7. The molecule has 0 bridgehead atoms. The lowest BCUT2D eigenvalue weighted by molar-refractivity contribution is -0.135. The van der Waals surface area contributed by atoms with E-state index in [4.69, 9.17) is 9.66 Å². The highest BCUT2D eigenvalue weighted by Crippen LogP contribution is 2.10. The topological polar surface area (TPSA) is 118 Å². The normalized spacial score (nSPS) is 10.8. The molecule has 0 aromatic carbocycles. The molecule has 21 heavy (non-hydrogen) atoms. The van der Waals surface area contributed by atoms with E-state index in [1.807, 2.05) is 0 Å². The standard InChI is InChI=1S/C12H26O3S.C2H5NO2/c1-2-3-4-5-6-7-8-9-10-11-12-16(13,14)15;3-1-2(4)5/h2-12H2,1H3,(H,13,14,15);1,3H2,(H,4,5). The van der Waals surface area contributed by atoms with Crippen LogP contribution < -0.4 is 5.73 Å². The molecule has 6 nitrogen and oxygen atoms in total. The smallest absolute Gasteiger partial charge is 0.317 e. The molecule has 0 rings (SSSR count). The van der Waals surface area contributed by atoms with Crippen LogP contribution in [0.15, 0.2) is 0 Å². The molecule has 0 saturated carbocycles. The third-order valence-corrected chi connectivity index (χ3v) is 3.74. The van der Waals surface area contributed by atoms with E-state index in [0.29, 0.717) is 6.42 Å². The first kappa shape index (κ1) is 22.6. The van der Waals surface area contributed by atoms with Crippen LogP contribution in [-0.2, 0) is 14.9 Å². The largest absolute Gasteiger partial charge is 0.480 e. The highest BCUT2D eigenvalue weighted by atomic mass is 32.2. The molecule has 0 aromatic heterocycles. The van der Waals surface area contributed by atoms with Gasteiger partial charge in [0.2, 0.25) is 0 Å². The van der Waals surface area contributed by atoms with Gasteiger partial charge in [-0.15, -0.1) is 0 Å². The fraction of sp³-hybridized carbons (Fsp3) is 0.929. The molecule has 4 N–H and O–H groups in total. The minimum atomic E-state index is -3.73. The van der Waals surface area contributed by atoms with Gasteiger partial charge in [-0.25, -0.2) is 0 Å². The third kappa shape index (κ3) is 28.3. The molecular formula is C14H31NO5S. The molecule has 0 spiro atoms. The quantitative estimate of drug-likeness (QED) is 0.375. The molecule has 0 aliphatic carbocycles. The SMILES string of the molecule is CCCCCCCCCCCCS(=O)(=O)O.NCC(=O)O. The van der Waals surface area contributed by atoms with Gasteiger partial charge in [-0.2, -0.15) is 8.42 Å². The van der Waals surface area contributed by atoms with Crippen LogP contribution in [0, 0.1) is 0 Å². The first-order valence-corrected chi connectivity index (χ1v) is 9.31. The molecule has 0 saturated heterocycles. The molecule has 0 heterocycles. The summed E-state index contributed by atoms with van der Waals surface area (Å²) < 4.78 is 29.4. The second-order valence-electron chi connectivity index (χ2n) is 5.07. The van der Waals surface area contributed by atoms with Crippen LogP contribution in [0.5, 0.6) is 0 Å². The van der Waals surface area contributed by atoms with Crippen LogP contribution in [0.1, 0.15) is 71.1 Å². The Kier molecular flexibility index (Phi) is 16.9.